The lowest BCUT2D eigenvalue weighted by atomic mass is 10.0. The Labute approximate surface area is 129 Å². The van der Waals surface area contributed by atoms with Gasteiger partial charge < -0.3 is 14.4 Å². The average molecular weight is 300 g/mol. The van der Waals surface area contributed by atoms with Crippen molar-refractivity contribution in [3.63, 3.8) is 0 Å². The van der Waals surface area contributed by atoms with Crippen LogP contribution in [-0.2, 0) is 0 Å². The molecule has 0 aliphatic carbocycles. The Kier molecular flexibility index (Phi) is 3.98. The van der Waals surface area contributed by atoms with Crippen LogP contribution in [0.4, 0.5) is 0 Å². The fraction of sp³-hybridized carbons (Fsp3) is 0.412. The van der Waals surface area contributed by atoms with Crippen LogP contribution in [0.5, 0.6) is 0 Å². The van der Waals surface area contributed by atoms with Gasteiger partial charge in [0.25, 0.3) is 5.91 Å². The van der Waals surface area contributed by atoms with Crippen LogP contribution >= 0.6 is 0 Å². The predicted molar refractivity (Wildman–Crippen MR) is 82.4 cm³/mol. The van der Waals surface area contributed by atoms with Crippen molar-refractivity contribution in [2.45, 2.75) is 26.4 Å². The summed E-state index contributed by atoms with van der Waals surface area (Å²) >= 11 is 0. The molecule has 116 valence electrons. The van der Waals surface area contributed by atoms with Crippen LogP contribution in [0.1, 0.15) is 29.4 Å². The van der Waals surface area contributed by atoms with Gasteiger partial charge in [0.1, 0.15) is 0 Å². The van der Waals surface area contributed by atoms with E-state index in [0.717, 1.165) is 17.5 Å². The summed E-state index contributed by atoms with van der Waals surface area (Å²) in [6, 6.07) is 7.81. The number of aryl methyl sites for hydroxylation is 1. The second-order valence-electron chi connectivity index (χ2n) is 5.94. The van der Waals surface area contributed by atoms with Crippen molar-refractivity contribution < 1.29 is 14.3 Å². The molecule has 2 unspecified atom stereocenters. The summed E-state index contributed by atoms with van der Waals surface area (Å²) < 4.78 is 5.44. The molecule has 5 heteroatoms. The van der Waals surface area contributed by atoms with Gasteiger partial charge in [-0.05, 0) is 20.3 Å². The molecule has 0 saturated carbocycles. The Bertz CT molecular complexity index is 661. The van der Waals surface area contributed by atoms with E-state index in [9.17, 15) is 9.90 Å². The third kappa shape index (κ3) is 2.76. The van der Waals surface area contributed by atoms with Crippen molar-refractivity contribution in [1.82, 2.24) is 9.88 Å². The number of oxazole rings is 1. The number of aromatic nitrogens is 1. The number of hydrogen-bond acceptors (Lipinski definition) is 4. The first-order chi connectivity index (χ1) is 10.6. The number of nitrogens with zero attached hydrogens (tertiary/aromatic N) is 2. The molecule has 2 aromatic rings. The second-order valence-corrected chi connectivity index (χ2v) is 5.94. The predicted octanol–water partition coefficient (Wildman–Crippen LogP) is 2.49. The monoisotopic (exact) mass is 300 g/mol. The minimum Gasteiger partial charge on any atom is -0.443 e. The Hall–Kier alpha value is -2.14. The second kappa shape index (κ2) is 5.93. The van der Waals surface area contributed by atoms with Gasteiger partial charge in [0.15, 0.2) is 17.8 Å². The van der Waals surface area contributed by atoms with Crippen LogP contribution in [0.25, 0.3) is 11.3 Å². The van der Waals surface area contributed by atoms with E-state index in [1.807, 2.05) is 31.2 Å². The number of aliphatic hydroxyl groups is 1. The Morgan fingerprint density at radius 3 is 2.77 bits per heavy atom. The topological polar surface area (TPSA) is 66.6 Å². The van der Waals surface area contributed by atoms with Crippen LogP contribution < -0.4 is 0 Å². The first-order valence-corrected chi connectivity index (χ1v) is 7.54. The van der Waals surface area contributed by atoms with Crippen molar-refractivity contribution in [2.75, 3.05) is 13.1 Å². The van der Waals surface area contributed by atoms with Crippen molar-refractivity contribution >= 4 is 5.91 Å². The molecular formula is C17H20N2O3. The number of rotatable bonds is 3. The number of amides is 1. The zero-order valence-electron chi connectivity index (χ0n) is 12.8. The van der Waals surface area contributed by atoms with Crippen LogP contribution in [0.3, 0.4) is 0 Å². The molecule has 1 aromatic carbocycles. The number of hydrogen-bond donors (Lipinski definition) is 1. The SMILES string of the molecule is Cc1ccc(-c2ocnc2C(=O)N2CCC(C(C)O)C2)cc1. The minimum atomic E-state index is -0.397. The normalized spacial score (nSPS) is 19.4. The summed E-state index contributed by atoms with van der Waals surface area (Å²) in [5, 5.41) is 9.67. The third-order valence-corrected chi connectivity index (χ3v) is 4.28. The molecule has 1 aliphatic rings. The van der Waals surface area contributed by atoms with E-state index in [4.69, 9.17) is 4.42 Å². The maximum Gasteiger partial charge on any atom is 0.276 e. The number of aliphatic hydroxyl groups excluding tert-OH is 1. The summed E-state index contributed by atoms with van der Waals surface area (Å²) in [5.41, 5.74) is 2.34. The zero-order valence-corrected chi connectivity index (χ0v) is 12.8. The minimum absolute atomic E-state index is 0.132. The van der Waals surface area contributed by atoms with Gasteiger partial charge in [-0.15, -0.1) is 0 Å². The van der Waals surface area contributed by atoms with Gasteiger partial charge in [0, 0.05) is 24.6 Å². The summed E-state index contributed by atoms with van der Waals surface area (Å²) in [6.07, 6.45) is 1.73. The number of likely N-dealkylation sites (tertiary alicyclic amines) is 1. The first-order valence-electron chi connectivity index (χ1n) is 7.54. The highest BCUT2D eigenvalue weighted by Gasteiger charge is 2.32. The third-order valence-electron chi connectivity index (χ3n) is 4.28. The quantitative estimate of drug-likeness (QED) is 0.945. The van der Waals surface area contributed by atoms with Gasteiger partial charge in [-0.2, -0.15) is 0 Å². The van der Waals surface area contributed by atoms with Crippen LogP contribution in [0.15, 0.2) is 35.1 Å². The van der Waals surface area contributed by atoms with E-state index < -0.39 is 6.10 Å². The van der Waals surface area contributed by atoms with E-state index in [2.05, 4.69) is 4.98 Å². The molecule has 3 rings (SSSR count). The molecule has 0 spiro atoms. The van der Waals surface area contributed by atoms with Gasteiger partial charge in [-0.25, -0.2) is 4.98 Å². The van der Waals surface area contributed by atoms with Crippen LogP contribution in [0, 0.1) is 12.8 Å². The van der Waals surface area contributed by atoms with Crippen molar-refractivity contribution in [3.05, 3.63) is 41.9 Å². The number of carbonyl (C=O) groups is 1. The molecular weight excluding hydrogens is 280 g/mol. The maximum absolute atomic E-state index is 12.7. The standard InChI is InChI=1S/C17H20N2O3/c1-11-3-5-13(6-4-11)16-15(18-10-22-16)17(21)19-8-7-14(9-19)12(2)20/h3-6,10,12,14,20H,7-9H2,1-2H3. The molecule has 1 N–H and O–H groups in total. The Morgan fingerprint density at radius 2 is 2.14 bits per heavy atom. The van der Waals surface area contributed by atoms with E-state index in [1.54, 1.807) is 11.8 Å². The largest absolute Gasteiger partial charge is 0.443 e. The Morgan fingerprint density at radius 1 is 1.41 bits per heavy atom. The smallest absolute Gasteiger partial charge is 0.276 e. The van der Waals surface area contributed by atoms with Crippen molar-refractivity contribution in [3.8, 4) is 11.3 Å². The van der Waals surface area contributed by atoms with Gasteiger partial charge >= 0.3 is 0 Å². The zero-order chi connectivity index (χ0) is 15.7. The van der Waals surface area contributed by atoms with Gasteiger partial charge in [0.2, 0.25) is 0 Å². The van der Waals surface area contributed by atoms with Crippen molar-refractivity contribution in [2.24, 2.45) is 5.92 Å². The van der Waals surface area contributed by atoms with Gasteiger partial charge in [0.05, 0.1) is 6.10 Å². The summed E-state index contributed by atoms with van der Waals surface area (Å²) in [6.45, 7) is 4.99. The van der Waals surface area contributed by atoms with Crippen LogP contribution in [0.2, 0.25) is 0 Å². The number of carbonyl (C=O) groups excluding carboxylic acids is 1. The molecule has 1 saturated heterocycles. The van der Waals surface area contributed by atoms with Gasteiger partial charge in [-0.1, -0.05) is 29.8 Å². The lowest BCUT2D eigenvalue weighted by Crippen LogP contribution is -2.31. The van der Waals surface area contributed by atoms with E-state index in [-0.39, 0.29) is 11.8 Å². The molecule has 5 nitrogen and oxygen atoms in total. The first kappa shape index (κ1) is 14.8. The molecule has 0 bridgehead atoms. The highest BCUT2D eigenvalue weighted by Crippen LogP contribution is 2.27. The van der Waals surface area contributed by atoms with Gasteiger partial charge in [-0.3, -0.25) is 4.79 Å². The van der Waals surface area contributed by atoms with E-state index in [0.29, 0.717) is 24.5 Å². The molecule has 1 fully saturated rings. The molecule has 2 heterocycles. The average Bonchev–Trinajstić information content (AvgIpc) is 3.17. The summed E-state index contributed by atoms with van der Waals surface area (Å²) in [7, 11) is 0. The molecule has 1 aliphatic heterocycles. The highest BCUT2D eigenvalue weighted by atomic mass is 16.3. The summed E-state index contributed by atoms with van der Waals surface area (Å²) in [5.74, 6) is 0.511. The maximum atomic E-state index is 12.7. The number of benzene rings is 1. The fourth-order valence-corrected chi connectivity index (χ4v) is 2.82. The molecule has 2 atom stereocenters. The Balaban J connectivity index is 1.83. The molecule has 0 radical (unpaired) electrons. The molecule has 1 amide bonds. The van der Waals surface area contributed by atoms with Crippen LogP contribution in [-0.4, -0.2) is 40.1 Å². The fourth-order valence-electron chi connectivity index (χ4n) is 2.82. The summed E-state index contributed by atoms with van der Waals surface area (Å²) in [4.78, 5) is 18.5. The lowest BCUT2D eigenvalue weighted by molar-refractivity contribution is 0.0758. The van der Waals surface area contributed by atoms with Crippen molar-refractivity contribution in [1.29, 1.82) is 0 Å². The lowest BCUT2D eigenvalue weighted by Gasteiger charge is -2.17. The highest BCUT2D eigenvalue weighted by molar-refractivity contribution is 5.97. The molecule has 22 heavy (non-hydrogen) atoms. The van der Waals surface area contributed by atoms with E-state index >= 15 is 0 Å². The van der Waals surface area contributed by atoms with E-state index in [1.165, 1.54) is 6.39 Å². The molecule has 1 aromatic heterocycles.